The first-order valence-electron chi connectivity index (χ1n) is 5.90. The van der Waals surface area contributed by atoms with Gasteiger partial charge in [-0.3, -0.25) is 4.79 Å². The highest BCUT2D eigenvalue weighted by Gasteiger charge is 2.27. The van der Waals surface area contributed by atoms with Crippen LogP contribution in [0, 0.1) is 5.82 Å². The lowest BCUT2D eigenvalue weighted by molar-refractivity contribution is 0.0688. The van der Waals surface area contributed by atoms with Gasteiger partial charge in [0, 0.05) is 12.0 Å². The monoisotopic (exact) mass is 255 g/mol. The van der Waals surface area contributed by atoms with E-state index in [0.29, 0.717) is 18.9 Å². The van der Waals surface area contributed by atoms with E-state index in [1.807, 2.05) is 0 Å². The number of pyridine rings is 1. The Bertz CT molecular complexity index is 532. The van der Waals surface area contributed by atoms with Crippen LogP contribution in [0.5, 0.6) is 0 Å². The summed E-state index contributed by atoms with van der Waals surface area (Å²) in [7, 11) is 0. The predicted molar refractivity (Wildman–Crippen MR) is 60.6 cm³/mol. The molecule has 0 radical (unpaired) electrons. The van der Waals surface area contributed by atoms with E-state index >= 15 is 0 Å². The summed E-state index contributed by atoms with van der Waals surface area (Å²) in [4.78, 5) is 22.3. The van der Waals surface area contributed by atoms with Gasteiger partial charge in [0.05, 0.1) is 0 Å². The average Bonchev–Trinajstić information content (AvgIpc) is 2.35. The minimum Gasteiger partial charge on any atom is -0.478 e. The fraction of sp³-hybridized carbons (Fsp3) is 0.500. The van der Waals surface area contributed by atoms with Gasteiger partial charge in [0.15, 0.2) is 5.82 Å². The molecule has 1 aliphatic carbocycles. The van der Waals surface area contributed by atoms with Crippen molar-refractivity contribution in [2.75, 3.05) is 0 Å². The molecule has 98 valence electrons. The third kappa shape index (κ3) is 2.10. The van der Waals surface area contributed by atoms with Gasteiger partial charge in [-0.05, 0) is 12.8 Å². The molecule has 0 atom stereocenters. The lowest BCUT2D eigenvalue weighted by atomic mass is 9.86. The zero-order valence-corrected chi connectivity index (χ0v) is 9.73. The fourth-order valence-corrected chi connectivity index (χ4v) is 2.48. The largest absolute Gasteiger partial charge is 0.478 e. The van der Waals surface area contributed by atoms with Crippen LogP contribution >= 0.6 is 0 Å². The summed E-state index contributed by atoms with van der Waals surface area (Å²) in [5.41, 5.74) is -1.78. The fourth-order valence-electron chi connectivity index (χ4n) is 2.48. The molecule has 1 aromatic heterocycles. The van der Waals surface area contributed by atoms with Crippen LogP contribution in [0.3, 0.4) is 0 Å². The Morgan fingerprint density at radius 2 is 1.94 bits per heavy atom. The Morgan fingerprint density at radius 1 is 1.33 bits per heavy atom. The van der Waals surface area contributed by atoms with Crippen molar-refractivity contribution in [1.29, 1.82) is 0 Å². The Kier molecular flexibility index (Phi) is 3.36. The molecule has 1 fully saturated rings. The van der Waals surface area contributed by atoms with E-state index in [-0.39, 0.29) is 16.3 Å². The number of carboxylic acids is 1. The number of carbonyl (C=O) groups is 1. The van der Waals surface area contributed by atoms with Crippen molar-refractivity contribution in [3.8, 4) is 0 Å². The predicted octanol–water partition coefficient (Wildman–Crippen LogP) is 1.97. The van der Waals surface area contributed by atoms with E-state index in [9.17, 15) is 19.2 Å². The Morgan fingerprint density at radius 3 is 2.50 bits per heavy atom. The van der Waals surface area contributed by atoms with Crippen LogP contribution in [-0.2, 0) is 0 Å². The maximum Gasteiger partial charge on any atom is 0.338 e. The second kappa shape index (κ2) is 4.80. The van der Waals surface area contributed by atoms with Crippen molar-refractivity contribution >= 4 is 5.97 Å². The number of rotatable bonds is 2. The molecule has 2 rings (SSSR count). The van der Waals surface area contributed by atoms with Crippen LogP contribution in [0.25, 0.3) is 0 Å². The molecule has 0 aliphatic heterocycles. The first-order valence-corrected chi connectivity index (χ1v) is 5.90. The van der Waals surface area contributed by atoms with Crippen molar-refractivity contribution < 1.29 is 19.5 Å². The smallest absolute Gasteiger partial charge is 0.338 e. The summed E-state index contributed by atoms with van der Waals surface area (Å²) in [5, 5.41) is 18.4. The number of hydrogen-bond donors (Lipinski definition) is 2. The molecule has 0 bridgehead atoms. The van der Waals surface area contributed by atoms with Crippen molar-refractivity contribution in [2.24, 2.45) is 0 Å². The highest BCUT2D eigenvalue weighted by molar-refractivity contribution is 5.87. The number of nitrogens with zero attached hydrogens (tertiary/aromatic N) is 1. The van der Waals surface area contributed by atoms with E-state index in [4.69, 9.17) is 5.11 Å². The molecule has 18 heavy (non-hydrogen) atoms. The van der Waals surface area contributed by atoms with Crippen LogP contribution in [0.15, 0.2) is 10.9 Å². The van der Waals surface area contributed by atoms with Crippen LogP contribution in [0.2, 0.25) is 0 Å². The molecular weight excluding hydrogens is 241 g/mol. The molecule has 2 N–H and O–H groups in total. The van der Waals surface area contributed by atoms with Gasteiger partial charge in [-0.25, -0.2) is 9.18 Å². The Hall–Kier alpha value is -1.85. The highest BCUT2D eigenvalue weighted by atomic mass is 19.1. The minimum absolute atomic E-state index is 0.195. The van der Waals surface area contributed by atoms with Crippen molar-refractivity contribution in [3.63, 3.8) is 0 Å². The van der Waals surface area contributed by atoms with Gasteiger partial charge in [0.1, 0.15) is 11.3 Å². The molecule has 0 amide bonds. The third-order valence-corrected chi connectivity index (χ3v) is 3.39. The number of carboxylic acid groups (broad SMARTS) is 1. The molecule has 6 heteroatoms. The van der Waals surface area contributed by atoms with Gasteiger partial charge in [-0.1, -0.05) is 19.3 Å². The van der Waals surface area contributed by atoms with Gasteiger partial charge in [-0.15, -0.1) is 4.73 Å². The van der Waals surface area contributed by atoms with E-state index < -0.39 is 22.9 Å². The third-order valence-electron chi connectivity index (χ3n) is 3.39. The van der Waals surface area contributed by atoms with Crippen LogP contribution in [0.4, 0.5) is 4.39 Å². The molecule has 0 spiro atoms. The Balaban J connectivity index is 2.57. The molecular formula is C12H14FNO4. The second-order valence-corrected chi connectivity index (χ2v) is 4.55. The van der Waals surface area contributed by atoms with E-state index in [1.165, 1.54) is 0 Å². The van der Waals surface area contributed by atoms with Gasteiger partial charge >= 0.3 is 5.97 Å². The van der Waals surface area contributed by atoms with E-state index in [0.717, 1.165) is 19.3 Å². The minimum atomic E-state index is -1.50. The summed E-state index contributed by atoms with van der Waals surface area (Å²) in [5.74, 6) is -2.80. The summed E-state index contributed by atoms with van der Waals surface area (Å²) >= 11 is 0. The van der Waals surface area contributed by atoms with Gasteiger partial charge in [0.25, 0.3) is 5.56 Å². The zero-order valence-electron chi connectivity index (χ0n) is 9.73. The van der Waals surface area contributed by atoms with E-state index in [1.54, 1.807) is 0 Å². The van der Waals surface area contributed by atoms with Gasteiger partial charge in [-0.2, -0.15) is 0 Å². The first kappa shape index (κ1) is 12.6. The molecule has 0 aromatic carbocycles. The molecule has 0 unspecified atom stereocenters. The summed E-state index contributed by atoms with van der Waals surface area (Å²) in [6.07, 6.45) is 4.11. The Labute approximate surface area is 102 Å². The number of hydrogen-bond acceptors (Lipinski definition) is 3. The molecule has 1 heterocycles. The van der Waals surface area contributed by atoms with Crippen LogP contribution in [0.1, 0.15) is 54.1 Å². The van der Waals surface area contributed by atoms with Crippen LogP contribution in [-0.4, -0.2) is 21.0 Å². The van der Waals surface area contributed by atoms with Crippen molar-refractivity contribution in [1.82, 2.24) is 4.73 Å². The lowest BCUT2D eigenvalue weighted by Crippen LogP contribution is -2.27. The quantitative estimate of drug-likeness (QED) is 0.792. The molecule has 0 saturated heterocycles. The molecule has 1 aliphatic rings. The topological polar surface area (TPSA) is 79.5 Å². The van der Waals surface area contributed by atoms with Crippen molar-refractivity contribution in [2.45, 2.75) is 38.0 Å². The SMILES string of the molecule is O=C(O)c1cc(=O)n(O)c(C2CCCCC2)c1F. The second-order valence-electron chi connectivity index (χ2n) is 4.55. The lowest BCUT2D eigenvalue weighted by Gasteiger charge is -2.23. The maximum absolute atomic E-state index is 14.0. The summed E-state index contributed by atoms with van der Waals surface area (Å²) in [6.45, 7) is 0. The number of aromatic carboxylic acids is 1. The standard InChI is InChI=1S/C12H14FNO4/c13-10-8(12(16)17)6-9(15)14(18)11(10)7-4-2-1-3-5-7/h6-7,18H,1-5H2,(H,16,17). The number of halogens is 1. The highest BCUT2D eigenvalue weighted by Crippen LogP contribution is 2.33. The number of aromatic nitrogens is 1. The van der Waals surface area contributed by atoms with Gasteiger partial charge < -0.3 is 10.3 Å². The summed E-state index contributed by atoms with van der Waals surface area (Å²) in [6, 6.07) is 0.601. The molecule has 5 nitrogen and oxygen atoms in total. The molecule has 1 saturated carbocycles. The zero-order chi connectivity index (χ0) is 13.3. The van der Waals surface area contributed by atoms with E-state index in [2.05, 4.69) is 0 Å². The molecule has 1 aromatic rings. The first-order chi connectivity index (χ1) is 8.52. The maximum atomic E-state index is 14.0. The average molecular weight is 255 g/mol. The normalized spacial score (nSPS) is 16.7. The summed E-state index contributed by atoms with van der Waals surface area (Å²) < 4.78 is 14.3. The van der Waals surface area contributed by atoms with Crippen molar-refractivity contribution in [3.05, 3.63) is 33.5 Å². The van der Waals surface area contributed by atoms with Crippen LogP contribution < -0.4 is 5.56 Å². The van der Waals surface area contributed by atoms with Gasteiger partial charge in [0.2, 0.25) is 0 Å².